The Bertz CT molecular complexity index is 666. The summed E-state index contributed by atoms with van der Waals surface area (Å²) in [6, 6.07) is 6.64. The van der Waals surface area contributed by atoms with Crippen LogP contribution in [0, 0.1) is 0 Å². The predicted octanol–water partition coefficient (Wildman–Crippen LogP) is 0.755. The molecule has 0 bridgehead atoms. The van der Waals surface area contributed by atoms with Crippen molar-refractivity contribution in [3.05, 3.63) is 47.1 Å². The number of imide groups is 2. The average molecular weight is 270 g/mol. The number of amides is 4. The number of hydrogen-bond donors (Lipinski definition) is 2. The van der Waals surface area contributed by atoms with Crippen LogP contribution < -0.4 is 15.4 Å². The summed E-state index contributed by atoms with van der Waals surface area (Å²) in [6.07, 6.45) is 3.26. The van der Waals surface area contributed by atoms with Crippen LogP contribution in [-0.4, -0.2) is 24.5 Å². The Morgan fingerprint density at radius 2 is 1.75 bits per heavy atom. The van der Waals surface area contributed by atoms with Gasteiger partial charge in [0.2, 0.25) is 0 Å². The largest absolute Gasteiger partial charge is 0.488 e. The van der Waals surface area contributed by atoms with Crippen LogP contribution in [0.2, 0.25) is 0 Å². The van der Waals surface area contributed by atoms with E-state index < -0.39 is 17.8 Å². The molecule has 20 heavy (non-hydrogen) atoms. The summed E-state index contributed by atoms with van der Waals surface area (Å²) in [6.45, 7) is 0.259. The molecule has 1 saturated heterocycles. The first-order valence-electron chi connectivity index (χ1n) is 5.94. The summed E-state index contributed by atoms with van der Waals surface area (Å²) in [5, 5.41) is 4.04. The number of urea groups is 1. The molecule has 6 nitrogen and oxygen atoms in total. The number of ether oxygens (including phenoxy) is 1. The molecule has 0 radical (unpaired) electrons. The highest BCUT2D eigenvalue weighted by atomic mass is 16.5. The van der Waals surface area contributed by atoms with E-state index in [1.54, 1.807) is 0 Å². The Labute approximate surface area is 114 Å². The third kappa shape index (κ3) is 2.18. The number of carbonyl (C=O) groups excluding carboxylic acids is 3. The summed E-state index contributed by atoms with van der Waals surface area (Å²) >= 11 is 0. The number of fused-ring (bicyclic) bond motifs is 1. The summed E-state index contributed by atoms with van der Waals surface area (Å²) in [5.41, 5.74) is 1.44. The summed E-state index contributed by atoms with van der Waals surface area (Å²) in [7, 11) is 0. The monoisotopic (exact) mass is 270 g/mol. The van der Waals surface area contributed by atoms with Gasteiger partial charge in [-0.1, -0.05) is 18.2 Å². The Morgan fingerprint density at radius 3 is 2.50 bits per heavy atom. The Balaban J connectivity index is 1.93. The molecule has 1 aromatic carbocycles. The normalized spacial score (nSPS) is 17.5. The van der Waals surface area contributed by atoms with E-state index >= 15 is 0 Å². The van der Waals surface area contributed by atoms with E-state index in [1.165, 1.54) is 6.08 Å². The van der Waals surface area contributed by atoms with Gasteiger partial charge >= 0.3 is 6.03 Å². The molecule has 0 atom stereocenters. The molecule has 0 aliphatic carbocycles. The third-order valence-electron chi connectivity index (χ3n) is 2.93. The van der Waals surface area contributed by atoms with Gasteiger partial charge in [0.25, 0.3) is 11.8 Å². The Morgan fingerprint density at radius 1 is 1.05 bits per heavy atom. The first-order valence-corrected chi connectivity index (χ1v) is 5.94. The summed E-state index contributed by atoms with van der Waals surface area (Å²) < 4.78 is 5.53. The molecule has 1 fully saturated rings. The van der Waals surface area contributed by atoms with Crippen molar-refractivity contribution in [3.63, 3.8) is 0 Å². The van der Waals surface area contributed by atoms with Gasteiger partial charge in [-0.2, -0.15) is 0 Å². The van der Waals surface area contributed by atoms with Crippen LogP contribution in [0.4, 0.5) is 4.79 Å². The molecule has 6 heteroatoms. The zero-order valence-corrected chi connectivity index (χ0v) is 10.3. The second-order valence-corrected chi connectivity index (χ2v) is 4.34. The van der Waals surface area contributed by atoms with Crippen molar-refractivity contribution in [3.8, 4) is 5.75 Å². The standard InChI is InChI=1S/C14H10N2O4/c17-12-10(13(18)16-14(19)15-12)6-8-5-9-3-1-2-4-11(9)20-7-8/h1-6H,7H2,(H2,15,16,17,18,19). The van der Waals surface area contributed by atoms with E-state index in [2.05, 4.69) is 0 Å². The van der Waals surface area contributed by atoms with Gasteiger partial charge in [0.1, 0.15) is 17.9 Å². The quantitative estimate of drug-likeness (QED) is 0.582. The number of nitrogens with one attached hydrogen (secondary N) is 2. The molecule has 100 valence electrons. The topological polar surface area (TPSA) is 84.5 Å². The van der Waals surface area contributed by atoms with Gasteiger partial charge in [0, 0.05) is 5.56 Å². The van der Waals surface area contributed by atoms with Crippen molar-refractivity contribution in [2.24, 2.45) is 0 Å². The Kier molecular flexibility index (Phi) is 2.83. The maximum absolute atomic E-state index is 11.6. The van der Waals surface area contributed by atoms with E-state index in [4.69, 9.17) is 4.74 Å². The van der Waals surface area contributed by atoms with Crippen molar-refractivity contribution in [2.45, 2.75) is 0 Å². The lowest BCUT2D eigenvalue weighted by atomic mass is 10.0. The zero-order chi connectivity index (χ0) is 14.1. The van der Waals surface area contributed by atoms with Crippen LogP contribution in [0.3, 0.4) is 0 Å². The average Bonchev–Trinajstić information content (AvgIpc) is 2.42. The molecular weight excluding hydrogens is 260 g/mol. The molecule has 0 unspecified atom stereocenters. The maximum atomic E-state index is 11.6. The van der Waals surface area contributed by atoms with E-state index in [1.807, 2.05) is 41.0 Å². The lowest BCUT2D eigenvalue weighted by Crippen LogP contribution is -2.51. The third-order valence-corrected chi connectivity index (χ3v) is 2.93. The molecule has 0 spiro atoms. The van der Waals surface area contributed by atoms with Crippen LogP contribution in [0.15, 0.2) is 41.5 Å². The fraction of sp³-hybridized carbons (Fsp3) is 0.0714. The number of hydrogen-bond acceptors (Lipinski definition) is 4. The molecule has 4 amide bonds. The molecule has 3 rings (SSSR count). The van der Waals surface area contributed by atoms with Gasteiger partial charge in [-0.05, 0) is 23.8 Å². The van der Waals surface area contributed by atoms with Crippen LogP contribution in [0.25, 0.3) is 6.08 Å². The maximum Gasteiger partial charge on any atom is 0.328 e. The number of benzene rings is 1. The van der Waals surface area contributed by atoms with Crippen LogP contribution in [0.1, 0.15) is 5.56 Å². The molecule has 1 aromatic rings. The minimum atomic E-state index is -0.809. The van der Waals surface area contributed by atoms with Crippen LogP contribution in [-0.2, 0) is 9.59 Å². The summed E-state index contributed by atoms with van der Waals surface area (Å²) in [4.78, 5) is 34.2. The van der Waals surface area contributed by atoms with E-state index in [0.29, 0.717) is 5.57 Å². The lowest BCUT2D eigenvalue weighted by molar-refractivity contribution is -0.124. The molecule has 0 saturated carbocycles. The molecule has 0 aromatic heterocycles. The number of para-hydroxylation sites is 1. The van der Waals surface area contributed by atoms with Gasteiger partial charge in [0.05, 0.1) is 0 Å². The second kappa shape index (κ2) is 4.65. The molecule has 2 aliphatic heterocycles. The van der Waals surface area contributed by atoms with Gasteiger partial charge < -0.3 is 4.74 Å². The minimum Gasteiger partial charge on any atom is -0.488 e. The smallest absolute Gasteiger partial charge is 0.328 e. The van der Waals surface area contributed by atoms with Crippen molar-refractivity contribution in [1.29, 1.82) is 0 Å². The number of barbiturate groups is 1. The number of carbonyl (C=O) groups is 3. The highest BCUT2D eigenvalue weighted by molar-refractivity contribution is 6.29. The minimum absolute atomic E-state index is 0.112. The highest BCUT2D eigenvalue weighted by Gasteiger charge is 2.28. The van der Waals surface area contributed by atoms with Gasteiger partial charge in [-0.25, -0.2) is 4.79 Å². The molecule has 2 heterocycles. The van der Waals surface area contributed by atoms with E-state index in [-0.39, 0.29) is 12.2 Å². The van der Waals surface area contributed by atoms with Crippen molar-refractivity contribution in [2.75, 3.05) is 6.61 Å². The van der Waals surface area contributed by atoms with Crippen molar-refractivity contribution < 1.29 is 19.1 Å². The number of rotatable bonds is 1. The molecule has 2 aliphatic rings. The predicted molar refractivity (Wildman–Crippen MR) is 69.7 cm³/mol. The second-order valence-electron chi connectivity index (χ2n) is 4.34. The van der Waals surface area contributed by atoms with E-state index in [9.17, 15) is 14.4 Å². The fourth-order valence-electron chi connectivity index (χ4n) is 2.01. The van der Waals surface area contributed by atoms with Crippen molar-refractivity contribution in [1.82, 2.24) is 10.6 Å². The Hall–Kier alpha value is -2.89. The van der Waals surface area contributed by atoms with E-state index in [0.717, 1.165) is 11.3 Å². The van der Waals surface area contributed by atoms with Crippen LogP contribution in [0.5, 0.6) is 5.75 Å². The first-order chi connectivity index (χ1) is 9.63. The SMILES string of the molecule is O=C1NC(=O)C(=CC2=Cc3ccccc3OC2)C(=O)N1. The van der Waals surface area contributed by atoms with Gasteiger partial charge in [-0.3, -0.25) is 20.2 Å². The van der Waals surface area contributed by atoms with Crippen LogP contribution >= 0.6 is 0 Å². The highest BCUT2D eigenvalue weighted by Crippen LogP contribution is 2.26. The van der Waals surface area contributed by atoms with Crippen molar-refractivity contribution >= 4 is 23.9 Å². The first kappa shape index (κ1) is 12.2. The summed E-state index contributed by atoms with van der Waals surface area (Å²) in [5.74, 6) is -0.667. The lowest BCUT2D eigenvalue weighted by Gasteiger charge is -2.18. The zero-order valence-electron chi connectivity index (χ0n) is 10.3. The molecule has 2 N–H and O–H groups in total. The fourth-order valence-corrected chi connectivity index (χ4v) is 2.01. The van der Waals surface area contributed by atoms with Gasteiger partial charge in [-0.15, -0.1) is 0 Å². The van der Waals surface area contributed by atoms with Gasteiger partial charge in [0.15, 0.2) is 0 Å². The molecular formula is C14H10N2O4.